The van der Waals surface area contributed by atoms with Crippen LogP contribution >= 0.6 is 0 Å². The molecule has 6 heteroatoms. The molecule has 6 nitrogen and oxygen atoms in total. The molecule has 1 aliphatic heterocycles. The van der Waals surface area contributed by atoms with Gasteiger partial charge >= 0.3 is 0 Å². The predicted octanol–water partition coefficient (Wildman–Crippen LogP) is 3.09. The van der Waals surface area contributed by atoms with Crippen LogP contribution in [0.1, 0.15) is 32.6 Å². The standard InChI is InChI=1S/C20H27N3O3/c1-14(2)20(24)22-16-8-10-23(11-9-16)13-19-21-12-18(26-19)15-4-6-17(25-3)7-5-15/h4-7,12,14,16H,8-11,13H2,1-3H3,(H,22,24). The first-order valence-electron chi connectivity index (χ1n) is 9.17. The number of ether oxygens (including phenoxy) is 1. The molecule has 0 unspecified atom stereocenters. The second-order valence-electron chi connectivity index (χ2n) is 7.06. The van der Waals surface area contributed by atoms with Crippen molar-refractivity contribution in [1.82, 2.24) is 15.2 Å². The van der Waals surface area contributed by atoms with Gasteiger partial charge < -0.3 is 14.5 Å². The van der Waals surface area contributed by atoms with Crippen LogP contribution in [0.3, 0.4) is 0 Å². The monoisotopic (exact) mass is 357 g/mol. The summed E-state index contributed by atoms with van der Waals surface area (Å²) in [5.41, 5.74) is 0.986. The van der Waals surface area contributed by atoms with Crippen molar-refractivity contribution in [2.45, 2.75) is 39.3 Å². The minimum atomic E-state index is 0.0386. The first-order valence-corrected chi connectivity index (χ1v) is 9.17. The second kappa shape index (κ2) is 8.36. The van der Waals surface area contributed by atoms with Crippen LogP contribution in [0.15, 0.2) is 34.9 Å². The smallest absolute Gasteiger partial charge is 0.222 e. The summed E-state index contributed by atoms with van der Waals surface area (Å²) in [5.74, 6) is 2.49. The largest absolute Gasteiger partial charge is 0.497 e. The van der Waals surface area contributed by atoms with Gasteiger partial charge in [-0.15, -0.1) is 0 Å². The summed E-state index contributed by atoms with van der Waals surface area (Å²) in [4.78, 5) is 18.5. The molecule has 1 N–H and O–H groups in total. The fraction of sp³-hybridized carbons (Fsp3) is 0.500. The van der Waals surface area contributed by atoms with Gasteiger partial charge in [-0.2, -0.15) is 0 Å². The zero-order valence-electron chi connectivity index (χ0n) is 15.7. The van der Waals surface area contributed by atoms with Crippen molar-refractivity contribution in [3.05, 3.63) is 36.4 Å². The van der Waals surface area contributed by atoms with E-state index in [9.17, 15) is 4.79 Å². The molecule has 0 bridgehead atoms. The lowest BCUT2D eigenvalue weighted by molar-refractivity contribution is -0.125. The Balaban J connectivity index is 1.51. The van der Waals surface area contributed by atoms with Crippen molar-refractivity contribution >= 4 is 5.91 Å². The van der Waals surface area contributed by atoms with Crippen LogP contribution in [0, 0.1) is 5.92 Å². The van der Waals surface area contributed by atoms with E-state index >= 15 is 0 Å². The van der Waals surface area contributed by atoms with E-state index in [0.717, 1.165) is 48.9 Å². The van der Waals surface area contributed by atoms with Gasteiger partial charge in [-0.05, 0) is 37.1 Å². The molecule has 1 aromatic carbocycles. The topological polar surface area (TPSA) is 67.6 Å². The number of rotatable bonds is 6. The number of carbonyl (C=O) groups is 1. The summed E-state index contributed by atoms with van der Waals surface area (Å²) in [6.07, 6.45) is 3.70. The average molecular weight is 357 g/mol. The molecule has 1 aromatic heterocycles. The highest BCUT2D eigenvalue weighted by molar-refractivity contribution is 5.78. The SMILES string of the molecule is COc1ccc(-c2cnc(CN3CCC(NC(=O)C(C)C)CC3)o2)cc1. The Kier molecular flexibility index (Phi) is 5.93. The second-order valence-corrected chi connectivity index (χ2v) is 7.06. The lowest BCUT2D eigenvalue weighted by atomic mass is 10.0. The van der Waals surface area contributed by atoms with E-state index in [-0.39, 0.29) is 17.9 Å². The summed E-state index contributed by atoms with van der Waals surface area (Å²) in [7, 11) is 1.65. The quantitative estimate of drug-likeness (QED) is 0.860. The van der Waals surface area contributed by atoms with Gasteiger partial charge in [0.1, 0.15) is 5.75 Å². The number of piperidine rings is 1. The third-order valence-corrected chi connectivity index (χ3v) is 4.75. The molecule has 1 saturated heterocycles. The lowest BCUT2D eigenvalue weighted by Gasteiger charge is -2.31. The summed E-state index contributed by atoms with van der Waals surface area (Å²) < 4.78 is 11.1. The number of nitrogens with zero attached hydrogens (tertiary/aromatic N) is 2. The van der Waals surface area contributed by atoms with Crippen LogP contribution in [-0.2, 0) is 11.3 Å². The molecule has 2 aromatic rings. The van der Waals surface area contributed by atoms with Crippen LogP contribution in [-0.4, -0.2) is 42.0 Å². The van der Waals surface area contributed by atoms with E-state index in [4.69, 9.17) is 9.15 Å². The molecule has 2 heterocycles. The number of methoxy groups -OCH3 is 1. The maximum atomic E-state index is 11.8. The van der Waals surface area contributed by atoms with Gasteiger partial charge in [0.15, 0.2) is 5.76 Å². The highest BCUT2D eigenvalue weighted by atomic mass is 16.5. The van der Waals surface area contributed by atoms with Crippen molar-refractivity contribution in [3.8, 4) is 17.1 Å². The number of benzene rings is 1. The molecule has 0 spiro atoms. The summed E-state index contributed by atoms with van der Waals surface area (Å²) in [5, 5.41) is 3.12. The molecule has 1 aliphatic rings. The van der Waals surface area contributed by atoms with Gasteiger partial charge in [0.25, 0.3) is 0 Å². The zero-order chi connectivity index (χ0) is 18.5. The Bertz CT molecular complexity index is 716. The van der Waals surface area contributed by atoms with Gasteiger partial charge in [0.2, 0.25) is 11.8 Å². The normalized spacial score (nSPS) is 16.0. The summed E-state index contributed by atoms with van der Waals surface area (Å²) >= 11 is 0. The maximum absolute atomic E-state index is 11.8. The molecule has 3 rings (SSSR count). The number of likely N-dealkylation sites (tertiary alicyclic amines) is 1. The van der Waals surface area contributed by atoms with Crippen LogP contribution in [0.2, 0.25) is 0 Å². The highest BCUT2D eigenvalue weighted by Gasteiger charge is 2.22. The Morgan fingerprint density at radius 1 is 1.31 bits per heavy atom. The average Bonchev–Trinajstić information content (AvgIpc) is 3.12. The van der Waals surface area contributed by atoms with E-state index in [1.165, 1.54) is 0 Å². The van der Waals surface area contributed by atoms with Crippen molar-refractivity contribution in [2.24, 2.45) is 5.92 Å². The number of hydrogen-bond donors (Lipinski definition) is 1. The van der Waals surface area contributed by atoms with E-state index < -0.39 is 0 Å². The molecule has 0 atom stereocenters. The third-order valence-electron chi connectivity index (χ3n) is 4.75. The first-order chi connectivity index (χ1) is 12.5. The van der Waals surface area contributed by atoms with Crippen molar-refractivity contribution in [3.63, 3.8) is 0 Å². The fourth-order valence-electron chi connectivity index (χ4n) is 3.07. The number of amides is 1. The van der Waals surface area contributed by atoms with Gasteiger partial charge in [0, 0.05) is 30.6 Å². The number of nitrogens with one attached hydrogen (secondary N) is 1. The van der Waals surface area contributed by atoms with Crippen LogP contribution in [0.5, 0.6) is 5.75 Å². The van der Waals surface area contributed by atoms with Gasteiger partial charge in [-0.1, -0.05) is 13.8 Å². The van der Waals surface area contributed by atoms with Crippen LogP contribution < -0.4 is 10.1 Å². The summed E-state index contributed by atoms with van der Waals surface area (Å²) in [6.45, 7) is 6.41. The molecule has 0 aliphatic carbocycles. The van der Waals surface area contributed by atoms with Crippen LogP contribution in [0.25, 0.3) is 11.3 Å². The number of aromatic nitrogens is 1. The molecule has 0 radical (unpaired) electrons. The molecule has 140 valence electrons. The van der Waals surface area contributed by atoms with E-state index in [1.54, 1.807) is 13.3 Å². The Hall–Kier alpha value is -2.34. The van der Waals surface area contributed by atoms with Crippen molar-refractivity contribution in [1.29, 1.82) is 0 Å². The lowest BCUT2D eigenvalue weighted by Crippen LogP contribution is -2.45. The van der Waals surface area contributed by atoms with Crippen LogP contribution in [0.4, 0.5) is 0 Å². The Labute approximate surface area is 154 Å². The molecule has 1 amide bonds. The van der Waals surface area contributed by atoms with Gasteiger partial charge in [-0.25, -0.2) is 4.98 Å². The fourth-order valence-corrected chi connectivity index (χ4v) is 3.07. The Morgan fingerprint density at radius 2 is 2.00 bits per heavy atom. The van der Waals surface area contributed by atoms with Gasteiger partial charge in [-0.3, -0.25) is 9.69 Å². The maximum Gasteiger partial charge on any atom is 0.222 e. The minimum absolute atomic E-state index is 0.0386. The first kappa shape index (κ1) is 18.5. The molecule has 1 fully saturated rings. The summed E-state index contributed by atoms with van der Waals surface area (Å²) in [6, 6.07) is 8.03. The molecule has 26 heavy (non-hydrogen) atoms. The van der Waals surface area contributed by atoms with E-state index in [1.807, 2.05) is 38.1 Å². The zero-order valence-corrected chi connectivity index (χ0v) is 15.7. The molecular formula is C20H27N3O3. The van der Waals surface area contributed by atoms with Crippen molar-refractivity contribution in [2.75, 3.05) is 20.2 Å². The molecular weight excluding hydrogens is 330 g/mol. The number of oxazole rings is 1. The third kappa shape index (κ3) is 4.64. The highest BCUT2D eigenvalue weighted by Crippen LogP contribution is 2.24. The predicted molar refractivity (Wildman–Crippen MR) is 99.8 cm³/mol. The number of carbonyl (C=O) groups excluding carboxylic acids is 1. The Morgan fingerprint density at radius 3 is 2.62 bits per heavy atom. The van der Waals surface area contributed by atoms with Crippen molar-refractivity contribution < 1.29 is 13.9 Å². The molecule has 0 saturated carbocycles. The van der Waals surface area contributed by atoms with E-state index in [2.05, 4.69) is 15.2 Å². The van der Waals surface area contributed by atoms with Gasteiger partial charge in [0.05, 0.1) is 19.9 Å². The van der Waals surface area contributed by atoms with E-state index in [0.29, 0.717) is 6.54 Å². The number of hydrogen-bond acceptors (Lipinski definition) is 5. The minimum Gasteiger partial charge on any atom is -0.497 e.